The largest absolute Gasteiger partial charge is 0.495 e. The molecular weight excluding hydrogens is 304 g/mol. The molecule has 0 spiro atoms. The van der Waals surface area contributed by atoms with Gasteiger partial charge in [-0.25, -0.2) is 0 Å². The molecule has 2 aromatic carbocycles. The van der Waals surface area contributed by atoms with Gasteiger partial charge >= 0.3 is 0 Å². The topological polar surface area (TPSA) is 33.3 Å². The van der Waals surface area contributed by atoms with Gasteiger partial charge in [-0.3, -0.25) is 0 Å². The predicted octanol–water partition coefficient (Wildman–Crippen LogP) is 4.77. The SMILES string of the molecule is COc1ccc(C)cc1NC(=S)Nc1cc(Cl)ccc1C. The first kappa shape index (κ1) is 15.6. The molecule has 0 aliphatic heterocycles. The molecule has 2 aromatic rings. The number of halogens is 1. The normalized spacial score (nSPS) is 10.1. The second-order valence-corrected chi connectivity index (χ2v) is 5.59. The molecule has 0 saturated carbocycles. The first-order valence-corrected chi connectivity index (χ1v) is 7.27. The molecule has 2 rings (SSSR count). The van der Waals surface area contributed by atoms with Crippen LogP contribution in [0.15, 0.2) is 36.4 Å². The quantitative estimate of drug-likeness (QED) is 0.798. The van der Waals surface area contributed by atoms with Crippen LogP contribution < -0.4 is 15.4 Å². The van der Waals surface area contributed by atoms with Crippen molar-refractivity contribution in [3.05, 3.63) is 52.5 Å². The Bertz CT molecular complexity index is 673. The lowest BCUT2D eigenvalue weighted by Crippen LogP contribution is -2.20. The fourth-order valence-electron chi connectivity index (χ4n) is 1.92. The Labute approximate surface area is 135 Å². The number of methoxy groups -OCH3 is 1. The van der Waals surface area contributed by atoms with Crippen molar-refractivity contribution in [1.29, 1.82) is 0 Å². The van der Waals surface area contributed by atoms with Gasteiger partial charge in [-0.05, 0) is 61.5 Å². The van der Waals surface area contributed by atoms with Crippen molar-refractivity contribution in [2.24, 2.45) is 0 Å². The van der Waals surface area contributed by atoms with E-state index >= 15 is 0 Å². The van der Waals surface area contributed by atoms with Gasteiger partial charge in [0.2, 0.25) is 0 Å². The van der Waals surface area contributed by atoms with Crippen LogP contribution in [-0.2, 0) is 0 Å². The molecule has 110 valence electrons. The third-order valence-corrected chi connectivity index (χ3v) is 3.49. The summed E-state index contributed by atoms with van der Waals surface area (Å²) in [6.45, 7) is 4.01. The molecule has 0 unspecified atom stereocenters. The molecule has 0 fully saturated rings. The summed E-state index contributed by atoms with van der Waals surface area (Å²) in [5, 5.41) is 7.46. The van der Waals surface area contributed by atoms with Crippen molar-refractivity contribution < 1.29 is 4.74 Å². The molecule has 0 aliphatic carbocycles. The first-order chi connectivity index (χ1) is 9.99. The third kappa shape index (κ3) is 4.09. The van der Waals surface area contributed by atoms with Crippen LogP contribution in [0, 0.1) is 13.8 Å². The average Bonchev–Trinajstić information content (AvgIpc) is 2.43. The molecular formula is C16H17ClN2OS. The number of thiocarbonyl (C=S) groups is 1. The molecule has 0 aromatic heterocycles. The predicted molar refractivity (Wildman–Crippen MR) is 93.8 cm³/mol. The molecule has 2 N–H and O–H groups in total. The second kappa shape index (κ2) is 6.78. The molecule has 0 atom stereocenters. The molecule has 0 saturated heterocycles. The summed E-state index contributed by atoms with van der Waals surface area (Å²) in [7, 11) is 1.63. The number of hydrogen-bond acceptors (Lipinski definition) is 2. The van der Waals surface area contributed by atoms with E-state index in [0.29, 0.717) is 10.1 Å². The highest BCUT2D eigenvalue weighted by atomic mass is 35.5. The van der Waals surface area contributed by atoms with Crippen LogP contribution in [0.3, 0.4) is 0 Å². The van der Waals surface area contributed by atoms with E-state index in [0.717, 1.165) is 28.3 Å². The van der Waals surface area contributed by atoms with Gasteiger partial charge in [0.05, 0.1) is 12.8 Å². The second-order valence-electron chi connectivity index (χ2n) is 4.74. The minimum absolute atomic E-state index is 0.490. The van der Waals surface area contributed by atoms with Crippen molar-refractivity contribution >= 4 is 40.3 Å². The van der Waals surface area contributed by atoms with Gasteiger partial charge in [0.25, 0.3) is 0 Å². The Kier molecular flexibility index (Phi) is 5.04. The minimum atomic E-state index is 0.490. The summed E-state index contributed by atoms with van der Waals surface area (Å²) in [5.41, 5.74) is 3.90. The van der Waals surface area contributed by atoms with E-state index in [1.807, 2.05) is 50.2 Å². The number of benzene rings is 2. The van der Waals surface area contributed by atoms with E-state index in [2.05, 4.69) is 10.6 Å². The Balaban J connectivity index is 2.15. The minimum Gasteiger partial charge on any atom is -0.495 e. The summed E-state index contributed by atoms with van der Waals surface area (Å²) in [5.74, 6) is 0.743. The van der Waals surface area contributed by atoms with Gasteiger partial charge in [0.15, 0.2) is 5.11 Å². The van der Waals surface area contributed by atoms with Crippen LogP contribution in [-0.4, -0.2) is 12.2 Å². The zero-order valence-corrected chi connectivity index (χ0v) is 13.7. The fourth-order valence-corrected chi connectivity index (χ4v) is 2.32. The van der Waals surface area contributed by atoms with Crippen LogP contribution in [0.25, 0.3) is 0 Å². The summed E-state index contributed by atoms with van der Waals surface area (Å²) in [4.78, 5) is 0. The number of hydrogen-bond donors (Lipinski definition) is 2. The van der Waals surface area contributed by atoms with Gasteiger partial charge in [0, 0.05) is 10.7 Å². The van der Waals surface area contributed by atoms with Crippen molar-refractivity contribution in [2.45, 2.75) is 13.8 Å². The van der Waals surface area contributed by atoms with Crippen molar-refractivity contribution in [2.75, 3.05) is 17.7 Å². The number of nitrogens with one attached hydrogen (secondary N) is 2. The number of anilines is 2. The summed E-state index contributed by atoms with van der Waals surface area (Å²) in [6.07, 6.45) is 0. The highest BCUT2D eigenvalue weighted by Gasteiger charge is 2.07. The summed E-state index contributed by atoms with van der Waals surface area (Å²) in [6, 6.07) is 11.5. The zero-order chi connectivity index (χ0) is 15.4. The lowest BCUT2D eigenvalue weighted by atomic mass is 10.2. The number of ether oxygens (including phenoxy) is 1. The van der Waals surface area contributed by atoms with Gasteiger partial charge in [-0.2, -0.15) is 0 Å². The Morgan fingerprint density at radius 3 is 2.48 bits per heavy atom. The third-order valence-electron chi connectivity index (χ3n) is 3.05. The van der Waals surface area contributed by atoms with Gasteiger partial charge < -0.3 is 15.4 Å². The maximum absolute atomic E-state index is 6.01. The summed E-state index contributed by atoms with van der Waals surface area (Å²) >= 11 is 11.4. The van der Waals surface area contributed by atoms with Crippen LogP contribution in [0.4, 0.5) is 11.4 Å². The van der Waals surface area contributed by atoms with E-state index in [-0.39, 0.29) is 0 Å². The van der Waals surface area contributed by atoms with E-state index in [1.54, 1.807) is 7.11 Å². The van der Waals surface area contributed by atoms with Crippen LogP contribution in [0.1, 0.15) is 11.1 Å². The molecule has 3 nitrogen and oxygen atoms in total. The molecule has 0 amide bonds. The highest BCUT2D eigenvalue weighted by Crippen LogP contribution is 2.26. The zero-order valence-electron chi connectivity index (χ0n) is 12.2. The van der Waals surface area contributed by atoms with E-state index in [1.165, 1.54) is 0 Å². The summed E-state index contributed by atoms with van der Waals surface area (Å²) < 4.78 is 5.32. The lowest BCUT2D eigenvalue weighted by molar-refractivity contribution is 0.417. The highest BCUT2D eigenvalue weighted by molar-refractivity contribution is 7.80. The monoisotopic (exact) mass is 320 g/mol. The van der Waals surface area contributed by atoms with E-state index < -0.39 is 0 Å². The Hall–Kier alpha value is -1.78. The average molecular weight is 321 g/mol. The molecule has 0 aliphatic rings. The lowest BCUT2D eigenvalue weighted by Gasteiger charge is -2.15. The van der Waals surface area contributed by atoms with Gasteiger partial charge in [-0.1, -0.05) is 23.7 Å². The van der Waals surface area contributed by atoms with E-state index in [4.69, 9.17) is 28.6 Å². The van der Waals surface area contributed by atoms with Crippen molar-refractivity contribution in [1.82, 2.24) is 0 Å². The molecule has 0 heterocycles. The van der Waals surface area contributed by atoms with Gasteiger partial charge in [0.1, 0.15) is 5.75 Å². The van der Waals surface area contributed by atoms with Gasteiger partial charge in [-0.15, -0.1) is 0 Å². The standard InChI is InChI=1S/C16H17ClN2OS/c1-10-4-7-15(20-3)14(8-10)19-16(21)18-13-9-12(17)6-5-11(13)2/h4-9H,1-3H3,(H2,18,19,21). The Morgan fingerprint density at radius 2 is 1.76 bits per heavy atom. The van der Waals surface area contributed by atoms with Crippen LogP contribution in [0.5, 0.6) is 5.75 Å². The van der Waals surface area contributed by atoms with Crippen molar-refractivity contribution in [3.63, 3.8) is 0 Å². The molecule has 0 bridgehead atoms. The maximum atomic E-state index is 6.01. The fraction of sp³-hybridized carbons (Fsp3) is 0.188. The van der Waals surface area contributed by atoms with Crippen LogP contribution in [0.2, 0.25) is 5.02 Å². The van der Waals surface area contributed by atoms with Crippen LogP contribution >= 0.6 is 23.8 Å². The van der Waals surface area contributed by atoms with Crippen molar-refractivity contribution in [3.8, 4) is 5.75 Å². The number of rotatable bonds is 3. The smallest absolute Gasteiger partial charge is 0.175 e. The molecule has 0 radical (unpaired) electrons. The first-order valence-electron chi connectivity index (χ1n) is 6.48. The maximum Gasteiger partial charge on any atom is 0.175 e. The molecule has 5 heteroatoms. The van der Waals surface area contributed by atoms with E-state index in [9.17, 15) is 0 Å². The Morgan fingerprint density at radius 1 is 1.05 bits per heavy atom. The molecule has 21 heavy (non-hydrogen) atoms. The number of aryl methyl sites for hydroxylation is 2.